The summed E-state index contributed by atoms with van der Waals surface area (Å²) >= 11 is 1.84. The fraction of sp³-hybridized carbons (Fsp3) is 0.474. The van der Waals surface area contributed by atoms with Gasteiger partial charge in [0.15, 0.2) is 0 Å². The van der Waals surface area contributed by atoms with Gasteiger partial charge in [-0.1, -0.05) is 11.6 Å². The van der Waals surface area contributed by atoms with Crippen molar-refractivity contribution in [2.75, 3.05) is 20.6 Å². The van der Waals surface area contributed by atoms with Gasteiger partial charge in [-0.3, -0.25) is 0 Å². The molecule has 1 heterocycles. The molecule has 1 aromatic heterocycles. The largest absolute Gasteiger partial charge is 0.305 e. The van der Waals surface area contributed by atoms with Gasteiger partial charge >= 0.3 is 0 Å². The highest BCUT2D eigenvalue weighted by atomic mass is 32.1. The molecule has 0 spiro atoms. The van der Waals surface area contributed by atoms with Crippen molar-refractivity contribution in [3.63, 3.8) is 0 Å². The summed E-state index contributed by atoms with van der Waals surface area (Å²) in [5.74, 6) is 1.77. The van der Waals surface area contributed by atoms with E-state index in [1.807, 2.05) is 11.3 Å². The summed E-state index contributed by atoms with van der Waals surface area (Å²) in [4.78, 5) is 2.34. The monoisotopic (exact) mass is 297 g/mol. The van der Waals surface area contributed by atoms with Crippen molar-refractivity contribution in [1.82, 2.24) is 4.90 Å². The average molecular weight is 297 g/mol. The van der Waals surface area contributed by atoms with Crippen molar-refractivity contribution in [2.45, 2.75) is 25.7 Å². The Balaban J connectivity index is 1.82. The first-order valence-electron chi connectivity index (χ1n) is 8.05. The second-order valence-corrected chi connectivity index (χ2v) is 7.96. The van der Waals surface area contributed by atoms with Crippen LogP contribution >= 0.6 is 11.3 Å². The molecular weight excluding hydrogens is 274 g/mol. The van der Waals surface area contributed by atoms with Crippen molar-refractivity contribution in [2.24, 2.45) is 11.8 Å². The topological polar surface area (TPSA) is 3.24 Å². The second kappa shape index (κ2) is 5.26. The SMILES string of the molecule is CN(C)CC1=C(c2ccc3sccc3c2)[C@H]2CC[C@@H](C1)C2. The van der Waals surface area contributed by atoms with E-state index in [0.29, 0.717) is 0 Å². The maximum absolute atomic E-state index is 2.43. The molecule has 2 heteroatoms. The van der Waals surface area contributed by atoms with Gasteiger partial charge in [-0.05, 0) is 91.7 Å². The lowest BCUT2D eigenvalue weighted by Gasteiger charge is -2.29. The lowest BCUT2D eigenvalue weighted by atomic mass is 9.79. The molecule has 0 saturated heterocycles. The minimum atomic E-state index is 0.815. The van der Waals surface area contributed by atoms with E-state index < -0.39 is 0 Å². The number of hydrogen-bond donors (Lipinski definition) is 0. The number of fused-ring (bicyclic) bond motifs is 3. The molecule has 110 valence electrons. The molecule has 2 aliphatic carbocycles. The summed E-state index contributed by atoms with van der Waals surface area (Å²) in [6.45, 7) is 1.13. The lowest BCUT2D eigenvalue weighted by molar-refractivity contribution is 0.413. The summed E-state index contributed by atoms with van der Waals surface area (Å²) in [5.41, 5.74) is 4.88. The van der Waals surface area contributed by atoms with Gasteiger partial charge in [-0.2, -0.15) is 0 Å². The number of nitrogens with zero attached hydrogens (tertiary/aromatic N) is 1. The fourth-order valence-corrected chi connectivity index (χ4v) is 5.15. The first-order chi connectivity index (χ1) is 10.2. The van der Waals surface area contributed by atoms with E-state index in [1.54, 1.807) is 11.1 Å². The quantitative estimate of drug-likeness (QED) is 0.767. The van der Waals surface area contributed by atoms with E-state index in [9.17, 15) is 0 Å². The van der Waals surface area contributed by atoms with Crippen LogP contribution in [0.4, 0.5) is 0 Å². The standard InChI is InChI=1S/C19H23NS/c1-20(2)12-17-10-13-3-4-15(9-13)19(17)16-5-6-18-14(11-16)7-8-21-18/h5-8,11,13,15H,3-4,9-10,12H2,1-2H3/t13-,15+/m1/s1. The van der Waals surface area contributed by atoms with Crippen molar-refractivity contribution < 1.29 is 0 Å². The second-order valence-electron chi connectivity index (χ2n) is 7.01. The van der Waals surface area contributed by atoms with Gasteiger partial charge in [0.05, 0.1) is 0 Å². The molecule has 2 bridgehead atoms. The van der Waals surface area contributed by atoms with Crippen LogP contribution in [-0.2, 0) is 0 Å². The summed E-state index contributed by atoms with van der Waals surface area (Å²) < 4.78 is 1.41. The molecule has 0 N–H and O–H groups in total. The Morgan fingerprint density at radius 1 is 1.19 bits per heavy atom. The molecule has 0 radical (unpaired) electrons. The zero-order chi connectivity index (χ0) is 14.4. The normalized spacial score (nSPS) is 25.3. The molecule has 1 aromatic carbocycles. The van der Waals surface area contributed by atoms with E-state index >= 15 is 0 Å². The molecule has 1 fully saturated rings. The Labute approximate surface area is 131 Å². The van der Waals surface area contributed by atoms with Crippen LogP contribution in [0, 0.1) is 11.8 Å². The number of benzene rings is 1. The fourth-order valence-electron chi connectivity index (χ4n) is 4.38. The van der Waals surface area contributed by atoms with Crippen LogP contribution in [0.25, 0.3) is 15.7 Å². The van der Waals surface area contributed by atoms with E-state index in [1.165, 1.54) is 41.3 Å². The predicted octanol–water partition coefficient (Wildman–Crippen LogP) is 5.04. The first kappa shape index (κ1) is 13.5. The van der Waals surface area contributed by atoms with Crippen LogP contribution in [0.5, 0.6) is 0 Å². The average Bonchev–Trinajstić information content (AvgIpc) is 3.05. The molecular formula is C19H23NS. The molecule has 0 aliphatic heterocycles. The van der Waals surface area contributed by atoms with Crippen LogP contribution in [-0.4, -0.2) is 25.5 Å². The third-order valence-electron chi connectivity index (χ3n) is 5.14. The summed E-state index contributed by atoms with van der Waals surface area (Å²) in [5, 5.41) is 3.62. The van der Waals surface area contributed by atoms with Gasteiger partial charge in [0.1, 0.15) is 0 Å². The summed E-state index contributed by atoms with van der Waals surface area (Å²) in [6, 6.07) is 9.37. The Kier molecular flexibility index (Phi) is 3.39. The predicted molar refractivity (Wildman–Crippen MR) is 92.7 cm³/mol. The van der Waals surface area contributed by atoms with Crippen LogP contribution in [0.1, 0.15) is 31.2 Å². The smallest absolute Gasteiger partial charge is 0.0343 e. The summed E-state index contributed by atoms with van der Waals surface area (Å²) in [7, 11) is 4.40. The maximum Gasteiger partial charge on any atom is 0.0343 e. The van der Waals surface area contributed by atoms with Crippen molar-refractivity contribution >= 4 is 27.0 Å². The van der Waals surface area contributed by atoms with Crippen molar-refractivity contribution in [3.8, 4) is 0 Å². The molecule has 21 heavy (non-hydrogen) atoms. The molecule has 1 saturated carbocycles. The van der Waals surface area contributed by atoms with E-state index in [-0.39, 0.29) is 0 Å². The first-order valence-corrected chi connectivity index (χ1v) is 8.93. The number of rotatable bonds is 3. The maximum atomic E-state index is 2.43. The highest BCUT2D eigenvalue weighted by molar-refractivity contribution is 7.17. The molecule has 1 nitrogen and oxygen atoms in total. The third-order valence-corrected chi connectivity index (χ3v) is 6.03. The summed E-state index contributed by atoms with van der Waals surface area (Å²) in [6.07, 6.45) is 5.59. The number of allylic oxidation sites excluding steroid dienone is 1. The highest BCUT2D eigenvalue weighted by Gasteiger charge is 2.35. The minimum absolute atomic E-state index is 0.815. The number of likely N-dealkylation sites (N-methyl/N-ethyl adjacent to an activating group) is 1. The van der Waals surface area contributed by atoms with E-state index in [2.05, 4.69) is 48.6 Å². The number of hydrogen-bond acceptors (Lipinski definition) is 2. The van der Waals surface area contributed by atoms with Crippen LogP contribution in [0.2, 0.25) is 0 Å². The Bertz CT molecular complexity index is 694. The van der Waals surface area contributed by atoms with Gasteiger partial charge in [0.25, 0.3) is 0 Å². The molecule has 2 aromatic rings. The van der Waals surface area contributed by atoms with Crippen LogP contribution in [0.15, 0.2) is 35.2 Å². The molecule has 0 unspecified atom stereocenters. The number of thiophene rings is 1. The third kappa shape index (κ3) is 2.45. The van der Waals surface area contributed by atoms with Gasteiger partial charge in [0, 0.05) is 11.2 Å². The zero-order valence-corrected chi connectivity index (χ0v) is 13.7. The molecule has 0 amide bonds. The van der Waals surface area contributed by atoms with Gasteiger partial charge in [-0.15, -0.1) is 11.3 Å². The minimum Gasteiger partial charge on any atom is -0.305 e. The van der Waals surface area contributed by atoms with Crippen LogP contribution < -0.4 is 0 Å². The van der Waals surface area contributed by atoms with Gasteiger partial charge in [-0.25, -0.2) is 0 Å². The van der Waals surface area contributed by atoms with E-state index in [4.69, 9.17) is 0 Å². The van der Waals surface area contributed by atoms with Gasteiger partial charge in [0.2, 0.25) is 0 Å². The van der Waals surface area contributed by atoms with Crippen molar-refractivity contribution in [3.05, 3.63) is 40.8 Å². The Morgan fingerprint density at radius 3 is 2.95 bits per heavy atom. The molecule has 2 aliphatic rings. The lowest BCUT2D eigenvalue weighted by Crippen LogP contribution is -2.21. The zero-order valence-electron chi connectivity index (χ0n) is 12.9. The van der Waals surface area contributed by atoms with E-state index in [0.717, 1.165) is 18.4 Å². The van der Waals surface area contributed by atoms with Gasteiger partial charge < -0.3 is 4.90 Å². The Hall–Kier alpha value is -1.12. The molecule has 2 atom stereocenters. The van der Waals surface area contributed by atoms with Crippen LogP contribution in [0.3, 0.4) is 0 Å². The highest BCUT2D eigenvalue weighted by Crippen LogP contribution is 2.49. The molecule has 4 rings (SSSR count). The van der Waals surface area contributed by atoms with Crippen molar-refractivity contribution in [1.29, 1.82) is 0 Å². The Morgan fingerprint density at radius 2 is 2.10 bits per heavy atom.